The van der Waals surface area contributed by atoms with Crippen LogP contribution < -0.4 is 11.5 Å². The highest BCUT2D eigenvalue weighted by molar-refractivity contribution is 7.89. The van der Waals surface area contributed by atoms with Crippen molar-refractivity contribution in [2.24, 2.45) is 7.05 Å². The number of oxazole rings is 2. The Labute approximate surface area is 420 Å². The van der Waals surface area contributed by atoms with Gasteiger partial charge in [-0.3, -0.25) is 9.55 Å². The Morgan fingerprint density at radius 3 is 1.38 bits per heavy atom. The lowest BCUT2D eigenvalue weighted by Crippen LogP contribution is -2.53. The largest absolute Gasteiger partial charge is 0.418 e. The molecule has 0 spiro atoms. The molecule has 0 amide bonds. The van der Waals surface area contributed by atoms with E-state index >= 15 is 17.6 Å². The summed E-state index contributed by atoms with van der Waals surface area (Å²) in [4.78, 5) is 26.0. The van der Waals surface area contributed by atoms with Gasteiger partial charge in [0, 0.05) is 66.9 Å². The topological polar surface area (TPSA) is 196 Å². The normalized spacial score (nSPS) is 29.9. The molecule has 4 aromatic carbocycles. The number of aliphatic hydroxyl groups is 2. The number of rotatable bonds is 10. The van der Waals surface area contributed by atoms with Gasteiger partial charge in [-0.05, 0) is 114 Å². The lowest BCUT2D eigenvalue weighted by atomic mass is 9.55. The fourth-order valence-corrected chi connectivity index (χ4v) is 16.2. The summed E-state index contributed by atoms with van der Waals surface area (Å²) in [6, 6.07) is 21.2. The van der Waals surface area contributed by atoms with Gasteiger partial charge in [0.2, 0.25) is 20.0 Å². The minimum absolute atomic E-state index is 0.0345. The zero-order valence-corrected chi connectivity index (χ0v) is 42.6. The number of benzene rings is 4. The van der Waals surface area contributed by atoms with Crippen molar-refractivity contribution in [3.05, 3.63) is 187 Å². The van der Waals surface area contributed by atoms with Crippen LogP contribution in [0, 0.1) is 23.3 Å². The second-order valence-electron chi connectivity index (χ2n) is 21.1. The standard InChI is InChI=1S/C27H30F2N2O5S.C26H28F2N2O5S/c1-17-9-10-23(18-7-5-4-6-8-18)37(34,35)31(17)13-19-11-22(29)20(12-21(19)28)27(15-26(2,33)16-27)24-14-30(3)25(32)36-24;1-16-8-9-22(17-6-4-3-5-7-17)36(33,34)30(16)13-18-10-21(28)19(11-20(18)27)26(14-25(2,32)15-26)23-12-29-24(31)35-23/h4-8,11-12,14,17,23,33H,9-10,13,15-16H2,1-3H3;3-7,10-12,16,22,32H,8-9,13-15H2,1-2H3,(H,29,31)/t17-,23+,26?,27?;16-,22+,25?,26?/m00/s1. The Balaban J connectivity index is 0.000000180. The van der Waals surface area contributed by atoms with Gasteiger partial charge >= 0.3 is 11.5 Å². The number of nitrogens with one attached hydrogen (secondary N) is 1. The van der Waals surface area contributed by atoms with Crippen LogP contribution in [-0.2, 0) is 51.0 Å². The molecule has 2 aromatic heterocycles. The molecule has 6 aromatic rings. The maximum Gasteiger partial charge on any atom is 0.418 e. The lowest BCUT2D eigenvalue weighted by molar-refractivity contribution is -0.0692. The Hall–Kier alpha value is -5.64. The van der Waals surface area contributed by atoms with Crippen LogP contribution in [0.1, 0.15) is 134 Å². The molecule has 2 aliphatic heterocycles. The van der Waals surface area contributed by atoms with Crippen LogP contribution >= 0.6 is 0 Å². The molecule has 2 saturated carbocycles. The van der Waals surface area contributed by atoms with Gasteiger partial charge in [0.05, 0.1) is 22.0 Å². The summed E-state index contributed by atoms with van der Waals surface area (Å²) < 4.78 is 130. The van der Waals surface area contributed by atoms with Crippen molar-refractivity contribution in [2.75, 3.05) is 0 Å². The zero-order valence-electron chi connectivity index (χ0n) is 40.9. The minimum atomic E-state index is -3.83. The molecule has 0 radical (unpaired) electrons. The predicted molar refractivity (Wildman–Crippen MR) is 262 cm³/mol. The fraction of sp³-hybridized carbons (Fsp3) is 0.434. The highest BCUT2D eigenvalue weighted by Gasteiger charge is 2.58. The van der Waals surface area contributed by atoms with Crippen LogP contribution in [0.4, 0.5) is 17.6 Å². The van der Waals surface area contributed by atoms with E-state index in [2.05, 4.69) is 4.98 Å². The van der Waals surface area contributed by atoms with E-state index in [4.69, 9.17) is 8.83 Å². The Morgan fingerprint density at radius 1 is 0.616 bits per heavy atom. The molecule has 4 aliphatic rings. The van der Waals surface area contributed by atoms with E-state index in [0.29, 0.717) is 36.8 Å². The first-order chi connectivity index (χ1) is 34.3. The molecule has 14 nitrogen and oxygen atoms in total. The van der Waals surface area contributed by atoms with E-state index in [-0.39, 0.29) is 84.6 Å². The minimum Gasteiger partial charge on any atom is -0.412 e. The van der Waals surface area contributed by atoms with Crippen LogP contribution in [0.25, 0.3) is 0 Å². The molecule has 0 unspecified atom stereocenters. The van der Waals surface area contributed by atoms with Crippen LogP contribution in [0.5, 0.6) is 0 Å². The van der Waals surface area contributed by atoms with Crippen LogP contribution in [-0.4, -0.2) is 68.5 Å². The van der Waals surface area contributed by atoms with E-state index in [0.717, 1.165) is 24.3 Å². The van der Waals surface area contributed by atoms with E-state index < -0.39 is 87.4 Å². The molecular formula is C53H58F4N4O10S2. The summed E-state index contributed by atoms with van der Waals surface area (Å²) in [6.45, 7) is 6.08. The Morgan fingerprint density at radius 2 is 1.03 bits per heavy atom. The summed E-state index contributed by atoms with van der Waals surface area (Å²) >= 11 is 0. The third-order valence-electron chi connectivity index (χ3n) is 15.3. The van der Waals surface area contributed by atoms with Crippen LogP contribution in [0.15, 0.2) is 116 Å². The van der Waals surface area contributed by atoms with Crippen molar-refractivity contribution >= 4 is 20.0 Å². The molecule has 2 aliphatic carbocycles. The van der Waals surface area contributed by atoms with Gasteiger partial charge < -0.3 is 19.0 Å². The molecule has 20 heteroatoms. The van der Waals surface area contributed by atoms with Crippen molar-refractivity contribution in [1.29, 1.82) is 0 Å². The van der Waals surface area contributed by atoms with Crippen LogP contribution in [0.3, 0.4) is 0 Å². The molecule has 73 heavy (non-hydrogen) atoms. The van der Waals surface area contributed by atoms with Gasteiger partial charge in [0.1, 0.15) is 45.3 Å². The van der Waals surface area contributed by atoms with E-state index in [1.807, 2.05) is 12.1 Å². The monoisotopic (exact) mass is 1050 g/mol. The Kier molecular flexibility index (Phi) is 13.5. The maximum absolute atomic E-state index is 15.6. The first-order valence-electron chi connectivity index (χ1n) is 24.2. The quantitative estimate of drug-likeness (QED) is 0.112. The zero-order chi connectivity index (χ0) is 52.6. The molecular weight excluding hydrogens is 993 g/mol. The summed E-state index contributed by atoms with van der Waals surface area (Å²) in [5, 5.41) is 19.4. The summed E-state index contributed by atoms with van der Waals surface area (Å²) in [7, 11) is -6.16. The van der Waals surface area contributed by atoms with Crippen molar-refractivity contribution in [2.45, 2.75) is 137 Å². The molecule has 4 atom stereocenters. The number of H-pyrrole nitrogens is 1. The number of hydrogen-bond acceptors (Lipinski definition) is 10. The molecule has 3 N–H and O–H groups in total. The maximum atomic E-state index is 15.6. The van der Waals surface area contributed by atoms with Gasteiger partial charge in [0.15, 0.2) is 0 Å². The van der Waals surface area contributed by atoms with Gasteiger partial charge in [-0.25, -0.2) is 44.0 Å². The molecule has 390 valence electrons. The molecule has 10 rings (SSSR count). The summed E-state index contributed by atoms with van der Waals surface area (Å²) in [6.07, 6.45) is 4.95. The first-order valence-corrected chi connectivity index (χ1v) is 27.2. The number of aromatic amines is 1. The highest BCUT2D eigenvalue weighted by Crippen LogP contribution is 2.56. The predicted octanol–water partition coefficient (Wildman–Crippen LogP) is 8.28. The van der Waals surface area contributed by atoms with Gasteiger partial charge in [-0.2, -0.15) is 8.61 Å². The van der Waals surface area contributed by atoms with Gasteiger partial charge in [-0.1, -0.05) is 60.7 Å². The summed E-state index contributed by atoms with van der Waals surface area (Å²) in [5.41, 5.74) is -3.61. The van der Waals surface area contributed by atoms with Gasteiger partial charge in [-0.15, -0.1) is 0 Å². The summed E-state index contributed by atoms with van der Waals surface area (Å²) in [5.74, 6) is -4.14. The van der Waals surface area contributed by atoms with E-state index in [1.54, 1.807) is 76.2 Å². The average Bonchev–Trinajstić information content (AvgIpc) is 3.90. The molecule has 4 fully saturated rings. The second-order valence-corrected chi connectivity index (χ2v) is 25.2. The number of hydrogen-bond donors (Lipinski definition) is 3. The average molecular weight is 1050 g/mol. The smallest absolute Gasteiger partial charge is 0.412 e. The first kappa shape index (κ1) is 52.2. The van der Waals surface area contributed by atoms with Crippen molar-refractivity contribution < 1.29 is 53.4 Å². The highest BCUT2D eigenvalue weighted by atomic mass is 32.2. The Bertz CT molecular complexity index is 3380. The third-order valence-corrected chi connectivity index (χ3v) is 20.1. The number of aryl methyl sites for hydroxylation is 1. The number of nitrogens with zero attached hydrogens (tertiary/aromatic N) is 3. The van der Waals surface area contributed by atoms with Crippen molar-refractivity contribution in [3.8, 4) is 0 Å². The van der Waals surface area contributed by atoms with Crippen molar-refractivity contribution in [1.82, 2.24) is 18.2 Å². The second kappa shape index (κ2) is 18.9. The number of halogens is 4. The number of aromatic nitrogens is 2. The van der Waals surface area contributed by atoms with Crippen molar-refractivity contribution in [3.63, 3.8) is 0 Å². The molecule has 0 bridgehead atoms. The number of sulfonamides is 2. The van der Waals surface area contributed by atoms with E-state index in [1.165, 1.54) is 32.6 Å². The van der Waals surface area contributed by atoms with Gasteiger partial charge in [0.25, 0.3) is 0 Å². The molecule has 4 heterocycles. The van der Waals surface area contributed by atoms with Crippen LogP contribution in [0.2, 0.25) is 0 Å². The van der Waals surface area contributed by atoms with E-state index in [9.17, 15) is 36.6 Å². The fourth-order valence-electron chi connectivity index (χ4n) is 11.8. The molecule has 2 saturated heterocycles. The third kappa shape index (κ3) is 9.58. The lowest BCUT2D eigenvalue weighted by Gasteiger charge is -2.50. The SMILES string of the molecule is C[C@H]1CC[C@H](c2ccccc2)S(=O)(=O)N1Cc1cc(F)c(C2(c3c[nH]c(=O)o3)CC(C)(O)C2)cc1F.C[C@H]1CC[C@H](c2ccccc2)S(=O)(=O)N1Cc1cc(F)c(C2(c3cn(C)c(=O)o3)CC(C)(O)C2)cc1F.